The van der Waals surface area contributed by atoms with Gasteiger partial charge in [-0.1, -0.05) is 17.3 Å². The minimum atomic E-state index is -0.494. The molecule has 2 heterocycles. The zero-order valence-electron chi connectivity index (χ0n) is 13.5. The number of halogens is 1. The molecule has 0 radical (unpaired) electrons. The van der Waals surface area contributed by atoms with Gasteiger partial charge in [0.1, 0.15) is 11.9 Å². The van der Waals surface area contributed by atoms with Crippen molar-refractivity contribution in [2.24, 2.45) is 0 Å². The van der Waals surface area contributed by atoms with Gasteiger partial charge in [-0.15, -0.1) is 0 Å². The van der Waals surface area contributed by atoms with Crippen LogP contribution in [0.15, 0.2) is 28.8 Å². The average molecular weight is 330 g/mol. The fraction of sp³-hybridized carbons (Fsp3) is 0.471. The van der Waals surface area contributed by atoms with Crippen molar-refractivity contribution >= 4 is 5.91 Å². The van der Waals surface area contributed by atoms with Crippen LogP contribution in [0.3, 0.4) is 0 Å². The number of likely N-dealkylation sites (N-methyl/N-ethyl adjacent to an activating group) is 1. The molecule has 6 nitrogen and oxygen atoms in total. The van der Waals surface area contributed by atoms with E-state index in [2.05, 4.69) is 15.0 Å². The largest absolute Gasteiger partial charge is 0.338 e. The third-order valence-electron chi connectivity index (χ3n) is 4.72. The number of carbonyl (C=O) groups is 1. The zero-order valence-corrected chi connectivity index (χ0v) is 13.5. The first-order valence-corrected chi connectivity index (χ1v) is 8.21. The smallest absolute Gasteiger partial charge is 0.256 e. The molecule has 0 spiro atoms. The summed E-state index contributed by atoms with van der Waals surface area (Å²) in [5, 5.41) is 4.05. The summed E-state index contributed by atoms with van der Waals surface area (Å²) >= 11 is 0. The van der Waals surface area contributed by atoms with Crippen molar-refractivity contribution in [2.45, 2.75) is 24.8 Å². The number of piperazine rings is 1. The lowest BCUT2D eigenvalue weighted by atomic mass is 10.1. The number of carbonyl (C=O) groups excluding carboxylic acids is 1. The topological polar surface area (TPSA) is 62.5 Å². The molecule has 4 rings (SSSR count). The van der Waals surface area contributed by atoms with Crippen LogP contribution in [0.4, 0.5) is 4.39 Å². The Balaban J connectivity index is 1.53. The Morgan fingerprint density at radius 1 is 1.29 bits per heavy atom. The summed E-state index contributed by atoms with van der Waals surface area (Å²) in [6.45, 7) is 1.63. The zero-order chi connectivity index (χ0) is 16.7. The Labute approximate surface area is 139 Å². The molecule has 2 aromatic rings. The normalized spacial score (nSPS) is 21.9. The van der Waals surface area contributed by atoms with E-state index in [1.54, 1.807) is 17.0 Å². The van der Waals surface area contributed by atoms with E-state index in [0.717, 1.165) is 18.7 Å². The molecule has 1 unspecified atom stereocenters. The van der Waals surface area contributed by atoms with Gasteiger partial charge in [-0.05, 0) is 32.0 Å². The van der Waals surface area contributed by atoms with Gasteiger partial charge in [-0.2, -0.15) is 4.98 Å². The van der Waals surface area contributed by atoms with Crippen LogP contribution >= 0.6 is 0 Å². The Morgan fingerprint density at radius 3 is 2.83 bits per heavy atom. The summed E-state index contributed by atoms with van der Waals surface area (Å²) < 4.78 is 19.3. The van der Waals surface area contributed by atoms with Crippen molar-refractivity contribution < 1.29 is 13.7 Å². The van der Waals surface area contributed by atoms with Gasteiger partial charge >= 0.3 is 0 Å². The lowest BCUT2D eigenvalue weighted by Gasteiger charge is -2.37. The predicted molar refractivity (Wildman–Crippen MR) is 83.9 cm³/mol. The Morgan fingerprint density at radius 2 is 2.08 bits per heavy atom. The SMILES string of the molecule is CN1CCN(C(=O)c2ccccc2F)CC1c1nc(C2CC2)no1. The van der Waals surface area contributed by atoms with Crippen LogP contribution in [0, 0.1) is 5.82 Å². The summed E-state index contributed by atoms with van der Waals surface area (Å²) in [5.41, 5.74) is 0.102. The van der Waals surface area contributed by atoms with Crippen molar-refractivity contribution in [3.05, 3.63) is 47.4 Å². The second-order valence-corrected chi connectivity index (χ2v) is 6.49. The Bertz CT molecular complexity index is 759. The molecule has 1 atom stereocenters. The van der Waals surface area contributed by atoms with E-state index in [-0.39, 0.29) is 17.5 Å². The van der Waals surface area contributed by atoms with E-state index in [4.69, 9.17) is 4.52 Å². The first kappa shape index (κ1) is 15.3. The molecule has 0 N–H and O–H groups in total. The molecule has 1 aromatic heterocycles. The number of amides is 1. The lowest BCUT2D eigenvalue weighted by molar-refractivity contribution is 0.0485. The number of benzene rings is 1. The Kier molecular flexibility index (Phi) is 3.80. The summed E-state index contributed by atoms with van der Waals surface area (Å²) in [6.07, 6.45) is 2.22. The fourth-order valence-electron chi connectivity index (χ4n) is 3.02. The highest BCUT2D eigenvalue weighted by atomic mass is 19.1. The van der Waals surface area contributed by atoms with Gasteiger partial charge in [0.25, 0.3) is 5.91 Å². The van der Waals surface area contributed by atoms with Crippen LogP contribution in [0.5, 0.6) is 0 Å². The van der Waals surface area contributed by atoms with Gasteiger partial charge in [0.05, 0.1) is 5.56 Å². The van der Waals surface area contributed by atoms with Crippen LogP contribution in [-0.2, 0) is 0 Å². The molecular formula is C17H19FN4O2. The van der Waals surface area contributed by atoms with Crippen LogP contribution in [0.1, 0.15) is 46.9 Å². The number of aromatic nitrogens is 2. The summed E-state index contributed by atoms with van der Waals surface area (Å²) in [5.74, 6) is 0.925. The highest BCUT2D eigenvalue weighted by molar-refractivity contribution is 5.94. The van der Waals surface area contributed by atoms with Crippen molar-refractivity contribution in [1.29, 1.82) is 0 Å². The summed E-state index contributed by atoms with van der Waals surface area (Å²) in [6, 6.07) is 5.92. The number of nitrogens with zero attached hydrogens (tertiary/aromatic N) is 4. The molecule has 1 aliphatic carbocycles. The second kappa shape index (κ2) is 5.98. The van der Waals surface area contributed by atoms with Gasteiger partial charge in [0.2, 0.25) is 5.89 Å². The molecule has 1 amide bonds. The van der Waals surface area contributed by atoms with Crippen LogP contribution < -0.4 is 0 Å². The van der Waals surface area contributed by atoms with Crippen LogP contribution in [0.2, 0.25) is 0 Å². The van der Waals surface area contributed by atoms with Crippen molar-refractivity contribution in [2.75, 3.05) is 26.7 Å². The minimum Gasteiger partial charge on any atom is -0.338 e. The number of hydrogen-bond acceptors (Lipinski definition) is 5. The minimum absolute atomic E-state index is 0.102. The monoisotopic (exact) mass is 330 g/mol. The molecule has 7 heteroatoms. The number of rotatable bonds is 3. The van der Waals surface area contributed by atoms with Crippen molar-refractivity contribution in [3.8, 4) is 0 Å². The maximum Gasteiger partial charge on any atom is 0.256 e. The third-order valence-corrected chi connectivity index (χ3v) is 4.72. The van der Waals surface area contributed by atoms with Crippen molar-refractivity contribution in [1.82, 2.24) is 19.9 Å². The molecule has 1 saturated heterocycles. The predicted octanol–water partition coefficient (Wildman–Crippen LogP) is 2.21. The highest BCUT2D eigenvalue weighted by Gasteiger charge is 2.35. The first-order valence-electron chi connectivity index (χ1n) is 8.21. The average Bonchev–Trinajstić information content (AvgIpc) is 3.33. The summed E-state index contributed by atoms with van der Waals surface area (Å²) in [7, 11) is 1.97. The van der Waals surface area contributed by atoms with Crippen LogP contribution in [0.25, 0.3) is 0 Å². The Hall–Kier alpha value is -2.28. The highest BCUT2D eigenvalue weighted by Crippen LogP contribution is 2.38. The van der Waals surface area contributed by atoms with Gasteiger partial charge in [-0.3, -0.25) is 9.69 Å². The molecule has 1 saturated carbocycles. The van der Waals surface area contributed by atoms with E-state index in [9.17, 15) is 9.18 Å². The molecule has 1 aliphatic heterocycles. The van der Waals surface area contributed by atoms with E-state index < -0.39 is 5.82 Å². The van der Waals surface area contributed by atoms with E-state index >= 15 is 0 Å². The lowest BCUT2D eigenvalue weighted by Crippen LogP contribution is -2.49. The second-order valence-electron chi connectivity index (χ2n) is 6.49. The maximum atomic E-state index is 13.9. The third kappa shape index (κ3) is 2.80. The van der Waals surface area contributed by atoms with Gasteiger partial charge in [0.15, 0.2) is 5.82 Å². The van der Waals surface area contributed by atoms with E-state index in [1.165, 1.54) is 12.1 Å². The standard InChI is InChI=1S/C17H19FN4O2/c1-21-8-9-22(17(23)12-4-2-3-5-13(12)18)10-14(21)16-19-15(20-24-16)11-6-7-11/h2-5,11,14H,6-10H2,1H3. The van der Waals surface area contributed by atoms with E-state index in [0.29, 0.717) is 31.4 Å². The van der Waals surface area contributed by atoms with Gasteiger partial charge in [0, 0.05) is 25.6 Å². The maximum absolute atomic E-state index is 13.9. The molecule has 24 heavy (non-hydrogen) atoms. The quantitative estimate of drug-likeness (QED) is 0.863. The molecule has 0 bridgehead atoms. The van der Waals surface area contributed by atoms with E-state index in [1.807, 2.05) is 7.05 Å². The molecule has 126 valence electrons. The van der Waals surface area contributed by atoms with Crippen molar-refractivity contribution in [3.63, 3.8) is 0 Å². The molecule has 2 aliphatic rings. The van der Waals surface area contributed by atoms with Gasteiger partial charge in [-0.25, -0.2) is 4.39 Å². The molecule has 1 aromatic carbocycles. The fourth-order valence-corrected chi connectivity index (χ4v) is 3.02. The first-order chi connectivity index (χ1) is 11.6. The molecule has 2 fully saturated rings. The van der Waals surface area contributed by atoms with Gasteiger partial charge < -0.3 is 9.42 Å². The molecular weight excluding hydrogens is 311 g/mol. The van der Waals surface area contributed by atoms with Crippen LogP contribution in [-0.4, -0.2) is 52.5 Å². The summed E-state index contributed by atoms with van der Waals surface area (Å²) in [4.78, 5) is 20.9. The number of hydrogen-bond donors (Lipinski definition) is 0.